The molecule has 20 heavy (non-hydrogen) atoms. The Kier molecular flexibility index (Phi) is 5.27. The fourth-order valence-electron chi connectivity index (χ4n) is 1.41. The van der Waals surface area contributed by atoms with Crippen molar-refractivity contribution >= 4 is 46.5 Å². The summed E-state index contributed by atoms with van der Waals surface area (Å²) in [4.78, 5) is 12.7. The van der Waals surface area contributed by atoms with Crippen molar-refractivity contribution in [2.75, 3.05) is 18.6 Å². The number of anilines is 1. The van der Waals surface area contributed by atoms with Crippen molar-refractivity contribution in [3.05, 3.63) is 23.8 Å². The van der Waals surface area contributed by atoms with Gasteiger partial charge in [0.2, 0.25) is 0 Å². The molecule has 106 valence electrons. The van der Waals surface area contributed by atoms with Crippen molar-refractivity contribution in [2.24, 2.45) is 0 Å². The molecule has 2 aromatic rings. The number of aromatic nitrogens is 2. The molecular formula is C12H13N3O2S3. The average molecular weight is 327 g/mol. The summed E-state index contributed by atoms with van der Waals surface area (Å²) in [6.07, 6.45) is 1.96. The van der Waals surface area contributed by atoms with Gasteiger partial charge in [0.25, 0.3) is 0 Å². The molecule has 0 aliphatic carbocycles. The number of thioether (sulfide) groups is 1. The SMILES string of the molecule is CCOC(=O)c1cc(Sc2nnc(SC)s2)ccc1N. The number of nitrogens with two attached hydrogens (primary N) is 1. The third-order valence-electron chi connectivity index (χ3n) is 2.29. The first-order chi connectivity index (χ1) is 9.63. The lowest BCUT2D eigenvalue weighted by Gasteiger charge is -2.06. The van der Waals surface area contributed by atoms with E-state index in [2.05, 4.69) is 10.2 Å². The molecule has 0 atom stereocenters. The third kappa shape index (κ3) is 3.65. The third-order valence-corrected chi connectivity index (χ3v) is 5.23. The molecule has 0 aliphatic heterocycles. The largest absolute Gasteiger partial charge is 0.462 e. The van der Waals surface area contributed by atoms with Crippen LogP contribution in [0.15, 0.2) is 31.8 Å². The van der Waals surface area contributed by atoms with Crippen LogP contribution in [0.4, 0.5) is 5.69 Å². The molecule has 2 N–H and O–H groups in total. The van der Waals surface area contributed by atoms with Crippen LogP contribution in [-0.4, -0.2) is 29.0 Å². The smallest absolute Gasteiger partial charge is 0.340 e. The number of hydrogen-bond acceptors (Lipinski definition) is 8. The summed E-state index contributed by atoms with van der Waals surface area (Å²) in [5.74, 6) is -0.408. The van der Waals surface area contributed by atoms with E-state index in [9.17, 15) is 4.79 Å². The van der Waals surface area contributed by atoms with E-state index in [0.717, 1.165) is 13.6 Å². The molecule has 0 aliphatic rings. The number of ether oxygens (including phenoxy) is 1. The number of benzene rings is 1. The number of nitrogens with zero attached hydrogens (tertiary/aromatic N) is 2. The molecule has 0 unspecified atom stereocenters. The zero-order chi connectivity index (χ0) is 14.5. The average Bonchev–Trinajstić information content (AvgIpc) is 2.89. The van der Waals surface area contributed by atoms with E-state index < -0.39 is 5.97 Å². The second kappa shape index (κ2) is 6.96. The van der Waals surface area contributed by atoms with Gasteiger partial charge >= 0.3 is 5.97 Å². The van der Waals surface area contributed by atoms with E-state index in [1.165, 1.54) is 23.1 Å². The van der Waals surface area contributed by atoms with E-state index in [-0.39, 0.29) is 0 Å². The van der Waals surface area contributed by atoms with Crippen LogP contribution in [0.3, 0.4) is 0 Å². The Bertz CT molecular complexity index is 616. The van der Waals surface area contributed by atoms with Gasteiger partial charge in [-0.1, -0.05) is 34.9 Å². The zero-order valence-corrected chi connectivity index (χ0v) is 13.4. The van der Waals surface area contributed by atoms with E-state index >= 15 is 0 Å². The van der Waals surface area contributed by atoms with Crippen molar-refractivity contribution in [3.63, 3.8) is 0 Å². The normalized spacial score (nSPS) is 10.5. The van der Waals surface area contributed by atoms with Gasteiger partial charge < -0.3 is 10.5 Å². The van der Waals surface area contributed by atoms with Gasteiger partial charge in [0.1, 0.15) is 0 Å². The molecule has 0 bridgehead atoms. The lowest BCUT2D eigenvalue weighted by molar-refractivity contribution is 0.0527. The zero-order valence-electron chi connectivity index (χ0n) is 11.0. The maximum atomic E-state index is 11.8. The molecule has 1 aromatic carbocycles. The molecule has 0 spiro atoms. The van der Waals surface area contributed by atoms with Crippen LogP contribution < -0.4 is 5.73 Å². The van der Waals surface area contributed by atoms with Crippen LogP contribution in [-0.2, 0) is 4.74 Å². The summed E-state index contributed by atoms with van der Waals surface area (Å²) in [7, 11) is 0. The van der Waals surface area contributed by atoms with Crippen molar-refractivity contribution in [3.8, 4) is 0 Å². The summed E-state index contributed by atoms with van der Waals surface area (Å²) in [5, 5.41) is 8.11. The van der Waals surface area contributed by atoms with Gasteiger partial charge in [-0.05, 0) is 31.4 Å². The summed E-state index contributed by atoms with van der Waals surface area (Å²) in [6.45, 7) is 2.08. The summed E-state index contributed by atoms with van der Waals surface area (Å²) in [6, 6.07) is 5.27. The first-order valence-electron chi connectivity index (χ1n) is 5.76. The Hall–Kier alpha value is -1.25. The summed E-state index contributed by atoms with van der Waals surface area (Å²) < 4.78 is 6.72. The van der Waals surface area contributed by atoms with Crippen LogP contribution in [0.1, 0.15) is 17.3 Å². The lowest BCUT2D eigenvalue weighted by Crippen LogP contribution is -2.07. The maximum Gasteiger partial charge on any atom is 0.340 e. The minimum atomic E-state index is -0.408. The molecular weight excluding hydrogens is 314 g/mol. The predicted octanol–water partition coefficient (Wildman–Crippen LogP) is 3.17. The highest BCUT2D eigenvalue weighted by Crippen LogP contribution is 2.34. The molecule has 8 heteroatoms. The van der Waals surface area contributed by atoms with Gasteiger partial charge in [-0.2, -0.15) is 0 Å². The van der Waals surface area contributed by atoms with Crippen molar-refractivity contribution in [1.82, 2.24) is 10.2 Å². The van der Waals surface area contributed by atoms with E-state index in [0.29, 0.717) is 17.9 Å². The van der Waals surface area contributed by atoms with Crippen molar-refractivity contribution in [2.45, 2.75) is 20.5 Å². The fraction of sp³-hybridized carbons (Fsp3) is 0.250. The Labute approximate surface area is 129 Å². The molecule has 0 saturated carbocycles. The molecule has 0 saturated heterocycles. The summed E-state index contributed by atoms with van der Waals surface area (Å²) in [5.41, 5.74) is 6.59. The molecule has 5 nitrogen and oxygen atoms in total. The topological polar surface area (TPSA) is 78.1 Å². The second-order valence-electron chi connectivity index (χ2n) is 3.61. The highest BCUT2D eigenvalue weighted by atomic mass is 32.2. The molecule has 1 heterocycles. The highest BCUT2D eigenvalue weighted by Gasteiger charge is 2.13. The van der Waals surface area contributed by atoms with Gasteiger partial charge in [0.05, 0.1) is 12.2 Å². The first-order valence-corrected chi connectivity index (χ1v) is 8.61. The van der Waals surface area contributed by atoms with Crippen molar-refractivity contribution < 1.29 is 9.53 Å². The summed E-state index contributed by atoms with van der Waals surface area (Å²) >= 11 is 4.52. The van der Waals surface area contributed by atoms with Gasteiger partial charge in [0, 0.05) is 10.6 Å². The Balaban J connectivity index is 2.20. The second-order valence-corrected chi connectivity index (χ2v) is 6.96. The van der Waals surface area contributed by atoms with Crippen molar-refractivity contribution in [1.29, 1.82) is 0 Å². The lowest BCUT2D eigenvalue weighted by atomic mass is 10.2. The predicted molar refractivity (Wildman–Crippen MR) is 82.6 cm³/mol. The standard InChI is InChI=1S/C12H13N3O2S3/c1-3-17-10(16)8-6-7(4-5-9(8)13)19-12-15-14-11(18-2)20-12/h4-6H,3,13H2,1-2H3. The van der Waals surface area contributed by atoms with Crippen LogP contribution in [0.5, 0.6) is 0 Å². The van der Waals surface area contributed by atoms with Crippen LogP contribution in [0, 0.1) is 0 Å². The fourth-order valence-corrected chi connectivity index (χ4v) is 3.86. The van der Waals surface area contributed by atoms with Crippen LogP contribution in [0.2, 0.25) is 0 Å². The van der Waals surface area contributed by atoms with E-state index in [1.807, 2.05) is 12.3 Å². The number of carbonyl (C=O) groups is 1. The first kappa shape index (κ1) is 15.1. The Morgan fingerprint density at radius 1 is 1.40 bits per heavy atom. The van der Waals surface area contributed by atoms with Gasteiger partial charge in [-0.25, -0.2) is 4.79 Å². The molecule has 1 aromatic heterocycles. The van der Waals surface area contributed by atoms with Gasteiger partial charge in [-0.15, -0.1) is 10.2 Å². The number of hydrogen-bond donors (Lipinski definition) is 1. The number of nitrogen functional groups attached to an aromatic ring is 1. The van der Waals surface area contributed by atoms with Crippen LogP contribution in [0.25, 0.3) is 0 Å². The minimum absolute atomic E-state index is 0.323. The quantitative estimate of drug-likeness (QED) is 0.513. The Morgan fingerprint density at radius 3 is 2.80 bits per heavy atom. The van der Waals surface area contributed by atoms with E-state index in [1.54, 1.807) is 30.8 Å². The molecule has 0 radical (unpaired) electrons. The van der Waals surface area contributed by atoms with Gasteiger partial charge in [0.15, 0.2) is 8.68 Å². The van der Waals surface area contributed by atoms with Gasteiger partial charge in [-0.3, -0.25) is 0 Å². The number of rotatable bonds is 5. The van der Waals surface area contributed by atoms with Crippen LogP contribution >= 0.6 is 34.9 Å². The molecule has 0 fully saturated rings. The molecule has 0 amide bonds. The minimum Gasteiger partial charge on any atom is -0.462 e. The number of carbonyl (C=O) groups excluding carboxylic acids is 1. The van der Waals surface area contributed by atoms with E-state index in [4.69, 9.17) is 10.5 Å². The Morgan fingerprint density at radius 2 is 2.15 bits per heavy atom. The number of esters is 1. The molecule has 2 rings (SSSR count). The maximum absolute atomic E-state index is 11.8. The highest BCUT2D eigenvalue weighted by molar-refractivity contribution is 8.03. The monoisotopic (exact) mass is 327 g/mol.